The van der Waals surface area contributed by atoms with Crippen LogP contribution in [0.2, 0.25) is 0 Å². The van der Waals surface area contributed by atoms with E-state index in [1.165, 1.54) is 0 Å². The van der Waals surface area contributed by atoms with E-state index >= 15 is 0 Å². The molecule has 2 unspecified atom stereocenters. The summed E-state index contributed by atoms with van der Waals surface area (Å²) in [6.07, 6.45) is 5.34. The molecule has 12 nitrogen and oxygen atoms in total. The molecule has 0 radical (unpaired) electrons. The first kappa shape index (κ1) is 47.1. The molecule has 0 amide bonds. The molecule has 0 aromatic heterocycles. The Bertz CT molecular complexity index is 1460. The predicted molar refractivity (Wildman–Crippen MR) is 219 cm³/mol. The van der Waals surface area contributed by atoms with E-state index in [4.69, 9.17) is 38.6 Å². The highest BCUT2D eigenvalue weighted by Crippen LogP contribution is 2.44. The Morgan fingerprint density at radius 3 is 1.28 bits per heavy atom. The van der Waals surface area contributed by atoms with Crippen molar-refractivity contribution in [2.45, 2.75) is 31.5 Å². The third kappa shape index (κ3) is 17.1. The second kappa shape index (κ2) is 24.5. The second-order valence-electron chi connectivity index (χ2n) is 11.4. The van der Waals surface area contributed by atoms with Gasteiger partial charge in [0, 0.05) is 41.2 Å². The summed E-state index contributed by atoms with van der Waals surface area (Å²) in [6, 6.07) is 7.69. The summed E-state index contributed by atoms with van der Waals surface area (Å²) in [5.74, 6) is -1.77. The van der Waals surface area contributed by atoms with Crippen LogP contribution in [0.1, 0.15) is 25.0 Å². The average molecular weight is 1040 g/mol. The van der Waals surface area contributed by atoms with Crippen LogP contribution in [0.4, 0.5) is 0 Å². The molecule has 2 rings (SSSR count). The summed E-state index contributed by atoms with van der Waals surface area (Å²) in [5.41, 5.74) is 1.29. The Labute approximate surface area is 350 Å². The lowest BCUT2D eigenvalue weighted by Gasteiger charge is -2.29. The number of hydrogen-bond acceptors (Lipinski definition) is 12. The first-order valence-corrected chi connectivity index (χ1v) is 21.7. The van der Waals surface area contributed by atoms with Crippen LogP contribution in [0.5, 0.6) is 11.5 Å². The van der Waals surface area contributed by atoms with Crippen molar-refractivity contribution in [3.63, 3.8) is 0 Å². The van der Waals surface area contributed by atoms with E-state index in [0.29, 0.717) is 54.8 Å². The number of carbonyl (C=O) groups excluding carboxylic acids is 2. The number of thioether (sulfide) groups is 2. The number of aliphatic carboxylic acids is 2. The van der Waals surface area contributed by atoms with E-state index in [1.54, 1.807) is 23.5 Å². The number of carboxylic acid groups (broad SMARTS) is 2. The zero-order chi connectivity index (χ0) is 39.6. The highest BCUT2D eigenvalue weighted by molar-refractivity contribution is 9.11. The molecule has 0 fully saturated rings. The minimum Gasteiger partial charge on any atom is -0.487 e. The number of halogens is 4. The predicted octanol–water partition coefficient (Wildman–Crippen LogP) is 7.68. The Morgan fingerprint density at radius 2 is 0.981 bits per heavy atom. The molecule has 2 aromatic carbocycles. The molecule has 0 saturated heterocycles. The van der Waals surface area contributed by atoms with E-state index in [9.17, 15) is 19.2 Å². The average Bonchev–Trinajstić information content (AvgIpc) is 3.08. The monoisotopic (exact) mass is 1030 g/mol. The molecule has 0 heterocycles. The van der Waals surface area contributed by atoms with E-state index in [-0.39, 0.29) is 26.4 Å². The normalized spacial score (nSPS) is 12.8. The van der Waals surface area contributed by atoms with Gasteiger partial charge in [0.15, 0.2) is 12.2 Å². The lowest BCUT2D eigenvalue weighted by molar-refractivity contribution is -0.148. The van der Waals surface area contributed by atoms with E-state index in [2.05, 4.69) is 77.6 Å². The van der Waals surface area contributed by atoms with E-state index in [1.807, 2.05) is 36.8 Å². The Kier molecular flexibility index (Phi) is 21.7. The fraction of sp³-hybridized carbons (Fsp3) is 0.429. The Morgan fingerprint density at radius 1 is 0.642 bits per heavy atom. The topological polar surface area (TPSA) is 164 Å². The van der Waals surface area contributed by atoms with Gasteiger partial charge in [0.05, 0.1) is 44.3 Å². The van der Waals surface area contributed by atoms with Crippen LogP contribution in [0.3, 0.4) is 0 Å². The largest absolute Gasteiger partial charge is 0.487 e. The standard InChI is InChI=1S/C35H40Br4O12S2/c1-35(2,21-13-25(36)33(26(37)14-21)48-19-23(17-46-9-11-52-3)50-31(44)7-5-29(40)41)22-15-27(38)34(28(39)16-22)49-20-24(18-47-10-12-53-4)51-32(45)8-6-30(42)43/h5-8,13-16,23-24H,9-12,17-20H2,1-4H3,(H,40,41)(H,42,43)/b7-5-,8-6-. The van der Waals surface area contributed by atoms with Gasteiger partial charge in [0.25, 0.3) is 0 Å². The maximum atomic E-state index is 12.2. The molecule has 2 atom stereocenters. The molecule has 0 aliphatic carbocycles. The van der Waals surface area contributed by atoms with Gasteiger partial charge in [-0.1, -0.05) is 13.8 Å². The lowest BCUT2D eigenvalue weighted by Crippen LogP contribution is -2.30. The number of carboxylic acids is 2. The van der Waals surface area contributed by atoms with Crippen molar-refractivity contribution >= 4 is 111 Å². The van der Waals surface area contributed by atoms with Crippen LogP contribution in [-0.2, 0) is 43.5 Å². The molecule has 0 saturated carbocycles. The van der Waals surface area contributed by atoms with Crippen LogP contribution in [-0.4, -0.2) is 110 Å². The molecule has 0 aliphatic rings. The SMILES string of the molecule is CSCCOCC(COc1c(Br)cc(C(C)(C)c2cc(Br)c(OCC(COCCSC)OC(=O)/C=C\C(=O)O)c(Br)c2)cc1Br)OC(=O)/C=C\C(=O)O. The van der Waals surface area contributed by atoms with Gasteiger partial charge >= 0.3 is 23.9 Å². The van der Waals surface area contributed by atoms with Crippen LogP contribution in [0, 0.1) is 0 Å². The molecule has 53 heavy (non-hydrogen) atoms. The summed E-state index contributed by atoms with van der Waals surface area (Å²) in [5, 5.41) is 17.7. The van der Waals surface area contributed by atoms with Crippen LogP contribution in [0.25, 0.3) is 0 Å². The molecule has 0 bridgehead atoms. The highest BCUT2D eigenvalue weighted by Gasteiger charge is 2.28. The maximum Gasteiger partial charge on any atom is 0.331 e. The zero-order valence-corrected chi connectivity index (χ0v) is 37.2. The van der Waals surface area contributed by atoms with Crippen LogP contribution < -0.4 is 9.47 Å². The lowest BCUT2D eigenvalue weighted by atomic mass is 9.78. The molecule has 18 heteroatoms. The molecular formula is C35H40Br4O12S2. The van der Waals surface area contributed by atoms with E-state index in [0.717, 1.165) is 34.8 Å². The summed E-state index contributed by atoms with van der Waals surface area (Å²) in [7, 11) is 0. The van der Waals surface area contributed by atoms with Crippen molar-refractivity contribution in [1.29, 1.82) is 0 Å². The molecule has 292 valence electrons. The van der Waals surface area contributed by atoms with Gasteiger partial charge in [-0.25, -0.2) is 19.2 Å². The number of rotatable bonds is 24. The van der Waals surface area contributed by atoms with Crippen molar-refractivity contribution in [3.8, 4) is 11.5 Å². The van der Waals surface area contributed by atoms with Gasteiger partial charge in [-0.2, -0.15) is 23.5 Å². The van der Waals surface area contributed by atoms with Gasteiger partial charge in [0.1, 0.15) is 24.7 Å². The molecular weight excluding hydrogens is 996 g/mol. The Hall–Kier alpha value is -2.06. The smallest absolute Gasteiger partial charge is 0.331 e. The zero-order valence-electron chi connectivity index (χ0n) is 29.2. The molecule has 0 aliphatic heterocycles. The summed E-state index contributed by atoms with van der Waals surface area (Å²) in [6.45, 7) is 4.97. The second-order valence-corrected chi connectivity index (χ2v) is 16.8. The first-order chi connectivity index (χ1) is 25.1. The number of hydrogen-bond donors (Lipinski definition) is 2. The fourth-order valence-electron chi connectivity index (χ4n) is 4.27. The summed E-state index contributed by atoms with van der Waals surface area (Å²) >= 11 is 17.7. The summed E-state index contributed by atoms with van der Waals surface area (Å²) in [4.78, 5) is 46.0. The number of esters is 2. The van der Waals surface area contributed by atoms with Crippen LogP contribution >= 0.6 is 87.2 Å². The quantitative estimate of drug-likeness (QED) is 0.0598. The number of carbonyl (C=O) groups is 4. The molecule has 2 N–H and O–H groups in total. The third-order valence-electron chi connectivity index (χ3n) is 7.03. The van der Waals surface area contributed by atoms with Crippen molar-refractivity contribution in [2.75, 3.05) is 63.7 Å². The first-order valence-electron chi connectivity index (χ1n) is 15.7. The van der Waals surface area contributed by atoms with Gasteiger partial charge < -0.3 is 38.6 Å². The number of benzene rings is 2. The van der Waals surface area contributed by atoms with Gasteiger partial charge in [-0.05, 0) is 112 Å². The minimum atomic E-state index is -1.27. The highest BCUT2D eigenvalue weighted by atomic mass is 79.9. The summed E-state index contributed by atoms with van der Waals surface area (Å²) < 4.78 is 36.7. The van der Waals surface area contributed by atoms with Crippen LogP contribution in [0.15, 0.2) is 66.5 Å². The third-order valence-corrected chi connectivity index (χ3v) is 10.5. The van der Waals surface area contributed by atoms with E-state index < -0.39 is 41.5 Å². The number of ether oxygens (including phenoxy) is 6. The molecule has 0 spiro atoms. The fourth-order valence-corrected chi connectivity index (χ4v) is 7.67. The van der Waals surface area contributed by atoms with Gasteiger partial charge in [-0.15, -0.1) is 0 Å². The van der Waals surface area contributed by atoms with Gasteiger partial charge in [0.2, 0.25) is 0 Å². The van der Waals surface area contributed by atoms with Gasteiger partial charge in [-0.3, -0.25) is 0 Å². The van der Waals surface area contributed by atoms with Crippen molar-refractivity contribution < 1.29 is 57.8 Å². The van der Waals surface area contributed by atoms with Crippen molar-refractivity contribution in [3.05, 3.63) is 77.6 Å². The Balaban J connectivity index is 2.24. The maximum absolute atomic E-state index is 12.2. The molecule has 2 aromatic rings. The minimum absolute atomic E-state index is 0.0545. The van der Waals surface area contributed by atoms with Crippen molar-refractivity contribution in [1.82, 2.24) is 0 Å². The van der Waals surface area contributed by atoms with Crippen molar-refractivity contribution in [2.24, 2.45) is 0 Å².